The van der Waals surface area contributed by atoms with Gasteiger partial charge < -0.3 is 9.84 Å². The number of hydrogen-bond acceptors (Lipinski definition) is 2. The van der Waals surface area contributed by atoms with Crippen LogP contribution in [0.3, 0.4) is 0 Å². The Kier molecular flexibility index (Phi) is 5.59. The molecule has 1 heterocycles. The van der Waals surface area contributed by atoms with Gasteiger partial charge in [0.2, 0.25) is 0 Å². The van der Waals surface area contributed by atoms with Gasteiger partial charge in [0.15, 0.2) is 0 Å². The van der Waals surface area contributed by atoms with E-state index in [4.69, 9.17) is 9.84 Å². The summed E-state index contributed by atoms with van der Waals surface area (Å²) in [6.07, 6.45) is 4.12. The first-order valence-corrected chi connectivity index (χ1v) is 10.0. The van der Waals surface area contributed by atoms with Crippen molar-refractivity contribution in [2.24, 2.45) is 0 Å². The van der Waals surface area contributed by atoms with Crippen LogP contribution in [0.5, 0.6) is 5.75 Å². The molecule has 24 heavy (non-hydrogen) atoms. The second kappa shape index (κ2) is 8.06. The number of ether oxygens (including phenoxy) is 1. The first kappa shape index (κ1) is 16.6. The first-order valence-electron chi connectivity index (χ1n) is 7.55. The summed E-state index contributed by atoms with van der Waals surface area (Å²) in [7, 11) is 0. The van der Waals surface area contributed by atoms with E-state index in [1.165, 1.54) is 0 Å². The Hall–Kier alpha value is -2.21. The normalized spacial score (nSPS) is 13.1. The number of benzene rings is 2. The number of allylic oxidation sites excluding steroid dienone is 3. The molecule has 2 aromatic carbocycles. The zero-order chi connectivity index (χ0) is 16.8. The zero-order valence-corrected chi connectivity index (χ0v) is 15.1. The van der Waals surface area contributed by atoms with E-state index in [9.17, 15) is 4.79 Å². The summed E-state index contributed by atoms with van der Waals surface area (Å²) in [4.78, 5) is 11.1. The molecular formula is C20H17IO3. The Morgan fingerprint density at radius 2 is 1.92 bits per heavy atom. The van der Waals surface area contributed by atoms with Gasteiger partial charge in [-0.05, 0) is 42.5 Å². The van der Waals surface area contributed by atoms with Gasteiger partial charge in [0.1, 0.15) is 12.4 Å². The maximum absolute atomic E-state index is 11.1. The molecule has 0 unspecified atom stereocenters. The van der Waals surface area contributed by atoms with Crippen LogP contribution in [0, 0.1) is 0 Å². The van der Waals surface area contributed by atoms with Crippen molar-refractivity contribution in [3.05, 3.63) is 81.5 Å². The lowest BCUT2D eigenvalue weighted by molar-refractivity contribution is -0.136. The number of aliphatic carboxylic acids is 1. The highest BCUT2D eigenvalue weighted by Gasteiger charge is 2.09. The lowest BCUT2D eigenvalue weighted by atomic mass is 10.0. The SMILES string of the molecule is O=C(O)Cc1cc(OCc2ccccc2)cc(C2=CI=CC=C2)c1. The van der Waals surface area contributed by atoms with Gasteiger partial charge in [-0.15, -0.1) is 0 Å². The molecule has 2 aromatic rings. The summed E-state index contributed by atoms with van der Waals surface area (Å²) in [5.74, 6) is -0.135. The second-order valence-electron chi connectivity index (χ2n) is 5.39. The van der Waals surface area contributed by atoms with Crippen LogP contribution in [0.25, 0.3) is 5.57 Å². The average molecular weight is 432 g/mol. The van der Waals surface area contributed by atoms with Crippen molar-refractivity contribution in [3.63, 3.8) is 0 Å². The van der Waals surface area contributed by atoms with Crippen molar-refractivity contribution in [1.82, 2.24) is 0 Å². The maximum Gasteiger partial charge on any atom is 0.307 e. The fraction of sp³-hybridized carbons (Fsp3) is 0.100. The van der Waals surface area contributed by atoms with Crippen LogP contribution in [0.4, 0.5) is 0 Å². The molecule has 1 aliphatic rings. The van der Waals surface area contributed by atoms with Crippen molar-refractivity contribution < 1.29 is 14.6 Å². The smallest absolute Gasteiger partial charge is 0.307 e. The number of carboxylic acid groups (broad SMARTS) is 1. The standard InChI is InChI=1S/C20H17IO3/c22-20(23)11-16-9-18(17-7-4-8-21-13-17)12-19(10-16)24-14-15-5-2-1-3-6-15/h1-10,12-13H,11,14H2,(H,22,23). The molecule has 0 aromatic heterocycles. The Labute approximate surface area is 151 Å². The van der Waals surface area contributed by atoms with Crippen molar-refractivity contribution in [2.75, 3.05) is 0 Å². The highest BCUT2D eigenvalue weighted by molar-refractivity contribution is 14.2. The molecule has 0 atom stereocenters. The van der Waals surface area contributed by atoms with Crippen LogP contribution in [0.1, 0.15) is 16.7 Å². The minimum atomic E-state index is -0.838. The molecule has 0 aliphatic carbocycles. The zero-order valence-electron chi connectivity index (χ0n) is 13.0. The van der Waals surface area contributed by atoms with Gasteiger partial charge in [-0.25, -0.2) is 0 Å². The van der Waals surface area contributed by atoms with E-state index in [1.54, 1.807) is 0 Å². The summed E-state index contributed by atoms with van der Waals surface area (Å²) in [5.41, 5.74) is 3.99. The highest BCUT2D eigenvalue weighted by Crippen LogP contribution is 2.28. The van der Waals surface area contributed by atoms with E-state index in [0.29, 0.717) is 12.4 Å². The third-order valence-electron chi connectivity index (χ3n) is 3.51. The molecule has 4 heteroatoms. The van der Waals surface area contributed by atoms with Gasteiger partial charge in [-0.1, -0.05) is 69.3 Å². The van der Waals surface area contributed by atoms with Gasteiger partial charge in [0.05, 0.1) is 6.42 Å². The first-order chi connectivity index (χ1) is 11.7. The topological polar surface area (TPSA) is 46.5 Å². The summed E-state index contributed by atoms with van der Waals surface area (Å²) in [6, 6.07) is 15.7. The maximum atomic E-state index is 11.1. The molecule has 0 amide bonds. The minimum Gasteiger partial charge on any atom is -0.489 e. The van der Waals surface area contributed by atoms with E-state index in [1.807, 2.05) is 48.5 Å². The van der Waals surface area contributed by atoms with E-state index in [2.05, 4.69) is 20.2 Å². The van der Waals surface area contributed by atoms with Crippen molar-refractivity contribution >= 4 is 36.3 Å². The van der Waals surface area contributed by atoms with E-state index < -0.39 is 5.97 Å². The molecule has 1 N–H and O–H groups in total. The van der Waals surface area contributed by atoms with Crippen LogP contribution in [0.15, 0.2) is 64.8 Å². The molecule has 0 radical (unpaired) electrons. The Balaban J connectivity index is 1.86. The third-order valence-corrected chi connectivity index (χ3v) is 5.37. The van der Waals surface area contributed by atoms with E-state index in [0.717, 1.165) is 22.3 Å². The summed E-state index contributed by atoms with van der Waals surface area (Å²) in [6.45, 7) is 0.465. The fourth-order valence-corrected chi connectivity index (χ4v) is 4.02. The van der Waals surface area contributed by atoms with Crippen LogP contribution in [0.2, 0.25) is 0 Å². The Morgan fingerprint density at radius 1 is 1.08 bits per heavy atom. The molecule has 0 saturated heterocycles. The highest BCUT2D eigenvalue weighted by atomic mass is 127. The number of carboxylic acids is 1. The number of halogens is 1. The number of hydrogen-bond donors (Lipinski definition) is 1. The quantitative estimate of drug-likeness (QED) is 0.681. The van der Waals surface area contributed by atoms with Gasteiger partial charge in [0, 0.05) is 0 Å². The lowest BCUT2D eigenvalue weighted by Crippen LogP contribution is -2.02. The molecule has 3 rings (SSSR count). The van der Waals surface area contributed by atoms with Crippen molar-refractivity contribution in [2.45, 2.75) is 13.0 Å². The van der Waals surface area contributed by atoms with Crippen molar-refractivity contribution in [3.8, 4) is 5.75 Å². The predicted molar refractivity (Wildman–Crippen MR) is 106 cm³/mol. The van der Waals surface area contributed by atoms with Crippen LogP contribution < -0.4 is 4.74 Å². The molecule has 1 aliphatic heterocycles. The fourth-order valence-electron chi connectivity index (χ4n) is 2.41. The van der Waals surface area contributed by atoms with Gasteiger partial charge >= 0.3 is 5.97 Å². The molecule has 3 nitrogen and oxygen atoms in total. The minimum absolute atomic E-state index is 0.00624. The van der Waals surface area contributed by atoms with Crippen LogP contribution in [-0.2, 0) is 17.8 Å². The summed E-state index contributed by atoms with van der Waals surface area (Å²) < 4.78 is 10.3. The number of rotatable bonds is 6. The summed E-state index contributed by atoms with van der Waals surface area (Å²) in [5, 5.41) is 9.10. The van der Waals surface area contributed by atoms with Crippen molar-refractivity contribution in [1.29, 1.82) is 0 Å². The van der Waals surface area contributed by atoms with Gasteiger partial charge in [0.25, 0.3) is 0 Å². The number of carbonyl (C=O) groups is 1. The molecule has 0 bridgehead atoms. The molecule has 122 valence electrons. The molecular weight excluding hydrogens is 415 g/mol. The van der Waals surface area contributed by atoms with Gasteiger partial charge in [-0.3, -0.25) is 4.79 Å². The van der Waals surface area contributed by atoms with E-state index >= 15 is 0 Å². The van der Waals surface area contributed by atoms with Gasteiger partial charge in [-0.2, -0.15) is 0 Å². The predicted octanol–water partition coefficient (Wildman–Crippen LogP) is 4.58. The van der Waals surface area contributed by atoms with Crippen LogP contribution in [-0.4, -0.2) is 15.1 Å². The largest absolute Gasteiger partial charge is 0.489 e. The lowest BCUT2D eigenvalue weighted by Gasteiger charge is -2.12. The van der Waals surface area contributed by atoms with E-state index in [-0.39, 0.29) is 27.2 Å². The molecule has 0 fully saturated rings. The van der Waals surface area contributed by atoms with Crippen LogP contribution >= 0.6 is 20.7 Å². The molecule has 0 spiro atoms. The Morgan fingerprint density at radius 3 is 2.62 bits per heavy atom. The third kappa shape index (κ3) is 4.64. The average Bonchev–Trinajstić information content (AvgIpc) is 2.61. The second-order valence-corrected chi connectivity index (χ2v) is 7.45. The Bertz CT molecular complexity index is 820. The summed E-state index contributed by atoms with van der Waals surface area (Å²) >= 11 is -0.0644. The monoisotopic (exact) mass is 432 g/mol. The molecule has 0 saturated carbocycles.